The fourth-order valence-corrected chi connectivity index (χ4v) is 7.95. The first-order chi connectivity index (χ1) is 22.3. The van der Waals surface area contributed by atoms with Crippen LogP contribution in [0.2, 0.25) is 10.0 Å². The number of amides is 1. The van der Waals surface area contributed by atoms with E-state index in [2.05, 4.69) is 10.2 Å². The van der Waals surface area contributed by atoms with Crippen LogP contribution in [0, 0.1) is 0 Å². The van der Waals surface area contributed by atoms with Crippen molar-refractivity contribution in [2.24, 2.45) is 0 Å². The Morgan fingerprint density at radius 2 is 1.83 bits per heavy atom. The van der Waals surface area contributed by atoms with E-state index < -0.39 is 23.5 Å². The number of carbonyl (C=O) groups excluding carboxylic acids is 2. The van der Waals surface area contributed by atoms with Crippen LogP contribution in [0.1, 0.15) is 39.3 Å². The maximum Gasteiger partial charge on any atom is 0.296 e. The summed E-state index contributed by atoms with van der Waals surface area (Å²) in [5.74, 6) is -0.405. The smallest absolute Gasteiger partial charge is 0.296 e. The molecule has 0 aliphatic carbocycles. The molecule has 0 saturated carbocycles. The Balaban J connectivity index is 1.34. The highest BCUT2D eigenvalue weighted by Crippen LogP contribution is 2.46. The van der Waals surface area contributed by atoms with Crippen LogP contribution in [0.4, 0.5) is 5.13 Å². The van der Waals surface area contributed by atoms with Crippen molar-refractivity contribution in [3.63, 3.8) is 0 Å². The van der Waals surface area contributed by atoms with Gasteiger partial charge in [0.1, 0.15) is 6.61 Å². The first-order valence-corrected chi connectivity index (χ1v) is 17.5. The van der Waals surface area contributed by atoms with Crippen molar-refractivity contribution in [3.8, 4) is 11.5 Å². The lowest BCUT2D eigenvalue weighted by atomic mass is 9.95. The Labute approximate surface area is 287 Å². The number of thiophene rings is 1. The number of rotatable bonds is 12. The number of hydrogen-bond acceptors (Lipinski definition) is 10. The molecule has 13 heteroatoms. The van der Waals surface area contributed by atoms with Gasteiger partial charge in [-0.15, -0.1) is 21.5 Å². The van der Waals surface area contributed by atoms with Gasteiger partial charge in [0.15, 0.2) is 21.6 Å². The van der Waals surface area contributed by atoms with Crippen molar-refractivity contribution in [2.75, 3.05) is 11.5 Å². The number of aliphatic hydroxyl groups excluding tert-OH is 1. The third-order valence-corrected chi connectivity index (χ3v) is 10.5. The number of aliphatic hydroxyl groups is 1. The standard InChI is InChI=1S/C33H25Cl2N3O5S3/c1-2-42-25-15-20(11-13-24(25)43-17-19-7-4-3-5-8-19)28-27(29(39)26-9-6-14-44-26)30(40)31(41)38(28)32-36-37-33(46-32)45-18-21-10-12-22(34)16-23(21)35/h3-16,28,40H,2,17-18H2,1H3. The highest BCUT2D eigenvalue weighted by molar-refractivity contribution is 8.00. The number of aromatic nitrogens is 2. The summed E-state index contributed by atoms with van der Waals surface area (Å²) < 4.78 is 12.6. The van der Waals surface area contributed by atoms with Gasteiger partial charge in [0.2, 0.25) is 10.9 Å². The van der Waals surface area contributed by atoms with E-state index in [4.69, 9.17) is 32.7 Å². The molecule has 3 heterocycles. The number of carbonyl (C=O) groups is 2. The number of benzene rings is 3. The fraction of sp³-hybridized carbons (Fsp3) is 0.152. The molecule has 234 valence electrons. The number of nitrogens with zero attached hydrogens (tertiary/aromatic N) is 3. The molecule has 5 aromatic rings. The highest BCUT2D eigenvalue weighted by atomic mass is 35.5. The fourth-order valence-electron chi connectivity index (χ4n) is 4.84. The Morgan fingerprint density at radius 3 is 2.57 bits per heavy atom. The third kappa shape index (κ3) is 6.79. The Kier molecular flexibility index (Phi) is 9.95. The predicted molar refractivity (Wildman–Crippen MR) is 183 cm³/mol. The van der Waals surface area contributed by atoms with Gasteiger partial charge in [-0.2, -0.15) is 0 Å². The van der Waals surface area contributed by atoms with Gasteiger partial charge in [-0.25, -0.2) is 0 Å². The minimum atomic E-state index is -0.999. The van der Waals surface area contributed by atoms with E-state index in [1.165, 1.54) is 39.3 Å². The maximum absolute atomic E-state index is 13.8. The number of halogens is 2. The van der Waals surface area contributed by atoms with Crippen molar-refractivity contribution < 1.29 is 24.2 Å². The topological polar surface area (TPSA) is 102 Å². The van der Waals surface area contributed by atoms with Gasteiger partial charge >= 0.3 is 0 Å². The van der Waals surface area contributed by atoms with Gasteiger partial charge in [-0.05, 0) is 59.3 Å². The highest BCUT2D eigenvalue weighted by Gasteiger charge is 2.46. The average molecular weight is 711 g/mol. The average Bonchev–Trinajstić information content (AvgIpc) is 3.81. The Bertz CT molecular complexity index is 1910. The van der Waals surface area contributed by atoms with Crippen LogP contribution in [-0.4, -0.2) is 33.6 Å². The molecule has 3 aromatic carbocycles. The van der Waals surface area contributed by atoms with Gasteiger partial charge in [0.25, 0.3) is 5.91 Å². The molecular weight excluding hydrogens is 685 g/mol. The van der Waals surface area contributed by atoms with E-state index in [0.717, 1.165) is 11.1 Å². The molecule has 1 aliphatic rings. The van der Waals surface area contributed by atoms with E-state index >= 15 is 0 Å². The zero-order chi connectivity index (χ0) is 32.2. The van der Waals surface area contributed by atoms with Crippen LogP contribution in [0.25, 0.3) is 0 Å². The lowest BCUT2D eigenvalue weighted by Crippen LogP contribution is -2.31. The lowest BCUT2D eigenvalue weighted by molar-refractivity contribution is -0.117. The van der Waals surface area contributed by atoms with Crippen LogP contribution in [0.3, 0.4) is 0 Å². The summed E-state index contributed by atoms with van der Waals surface area (Å²) in [5.41, 5.74) is 2.33. The lowest BCUT2D eigenvalue weighted by Gasteiger charge is -2.25. The molecule has 0 saturated heterocycles. The molecule has 1 atom stereocenters. The molecule has 46 heavy (non-hydrogen) atoms. The maximum atomic E-state index is 13.8. The van der Waals surface area contributed by atoms with E-state index in [-0.39, 0.29) is 10.7 Å². The molecule has 1 unspecified atom stereocenters. The van der Waals surface area contributed by atoms with Crippen LogP contribution in [0.5, 0.6) is 11.5 Å². The van der Waals surface area contributed by atoms with E-state index in [1.807, 2.05) is 43.3 Å². The van der Waals surface area contributed by atoms with Gasteiger partial charge in [-0.3, -0.25) is 14.5 Å². The van der Waals surface area contributed by atoms with Crippen LogP contribution in [0.15, 0.2) is 99.9 Å². The number of hydrogen-bond donors (Lipinski definition) is 1. The first-order valence-electron chi connectivity index (χ1n) is 14.0. The molecule has 0 radical (unpaired) electrons. The van der Waals surface area contributed by atoms with E-state index in [1.54, 1.807) is 47.8 Å². The first kappa shape index (κ1) is 32.1. The summed E-state index contributed by atoms with van der Waals surface area (Å²) in [7, 11) is 0. The molecule has 2 aromatic heterocycles. The Hall–Kier alpha value is -3.87. The number of anilines is 1. The van der Waals surface area contributed by atoms with Gasteiger partial charge in [0, 0.05) is 15.8 Å². The van der Waals surface area contributed by atoms with Gasteiger partial charge < -0.3 is 14.6 Å². The molecule has 1 amide bonds. The Morgan fingerprint density at radius 1 is 1.00 bits per heavy atom. The monoisotopic (exact) mass is 709 g/mol. The zero-order valence-electron chi connectivity index (χ0n) is 24.2. The van der Waals surface area contributed by atoms with Crippen molar-refractivity contribution >= 4 is 74.5 Å². The number of ketones is 1. The van der Waals surface area contributed by atoms with Crippen molar-refractivity contribution in [1.82, 2.24) is 10.2 Å². The molecule has 0 fully saturated rings. The quantitative estimate of drug-likeness (QED) is 0.0778. The largest absolute Gasteiger partial charge is 0.503 e. The second kappa shape index (κ2) is 14.3. The summed E-state index contributed by atoms with van der Waals surface area (Å²) in [4.78, 5) is 29.2. The second-order valence-corrected chi connectivity index (χ2v) is 13.9. The normalized spacial score (nSPS) is 14.6. The SMILES string of the molecule is CCOc1cc(C2C(C(=O)c3cccs3)=C(O)C(=O)N2c2nnc(SCc3ccc(Cl)cc3Cl)s2)ccc1OCc1ccccc1. The summed E-state index contributed by atoms with van der Waals surface area (Å²) >= 11 is 16.2. The zero-order valence-corrected chi connectivity index (χ0v) is 28.1. The second-order valence-electron chi connectivity index (χ2n) is 9.93. The van der Waals surface area contributed by atoms with Crippen molar-refractivity contribution in [3.05, 3.63) is 127 Å². The van der Waals surface area contributed by atoms with E-state index in [9.17, 15) is 14.7 Å². The van der Waals surface area contributed by atoms with E-state index in [0.29, 0.717) is 55.3 Å². The van der Waals surface area contributed by atoms with Crippen molar-refractivity contribution in [2.45, 2.75) is 29.7 Å². The molecule has 0 spiro atoms. The van der Waals surface area contributed by atoms with Crippen LogP contribution >= 0.6 is 57.6 Å². The molecule has 1 aliphatic heterocycles. The summed E-state index contributed by atoms with van der Waals surface area (Å²) in [6, 6.07) is 22.6. The number of Topliss-reactive ketones (excluding diaryl/α,β-unsaturated/α-hetero) is 1. The minimum absolute atomic E-state index is 0.0507. The summed E-state index contributed by atoms with van der Waals surface area (Å²) in [5, 5.41) is 22.8. The molecular formula is C33H25Cl2N3O5S3. The molecule has 6 rings (SSSR count). The van der Waals surface area contributed by atoms with Crippen LogP contribution < -0.4 is 14.4 Å². The van der Waals surface area contributed by atoms with Gasteiger partial charge in [0.05, 0.1) is 23.1 Å². The number of ether oxygens (including phenoxy) is 2. The summed E-state index contributed by atoms with van der Waals surface area (Å²) in [6.45, 7) is 2.53. The molecule has 1 N–H and O–H groups in total. The third-order valence-electron chi connectivity index (χ3n) is 6.99. The predicted octanol–water partition coefficient (Wildman–Crippen LogP) is 8.96. The summed E-state index contributed by atoms with van der Waals surface area (Å²) in [6.07, 6.45) is 0. The molecule has 0 bridgehead atoms. The van der Waals surface area contributed by atoms with Gasteiger partial charge in [-0.1, -0.05) is 94.8 Å². The van der Waals surface area contributed by atoms with Crippen molar-refractivity contribution in [1.29, 1.82) is 0 Å². The van der Waals surface area contributed by atoms with Crippen LogP contribution in [-0.2, 0) is 17.2 Å². The molecule has 8 nitrogen and oxygen atoms in total. The number of thioether (sulfide) groups is 1. The minimum Gasteiger partial charge on any atom is -0.503 e.